The largest absolute Gasteiger partial charge is 0.480 e. The highest BCUT2D eigenvalue weighted by Crippen LogP contribution is 2.46. The molecule has 1 saturated heterocycles. The number of rotatable bonds is 7. The molecule has 0 saturated carbocycles. The van der Waals surface area contributed by atoms with Crippen LogP contribution in [0.3, 0.4) is 0 Å². The highest BCUT2D eigenvalue weighted by Gasteiger charge is 2.56. The molecule has 3 atom stereocenters. The summed E-state index contributed by atoms with van der Waals surface area (Å²) in [6.45, 7) is 4.52. The van der Waals surface area contributed by atoms with Crippen LogP contribution in [0.2, 0.25) is 10.0 Å². The number of nitrogens with zero attached hydrogens (tertiary/aromatic N) is 3. The first-order valence-corrected chi connectivity index (χ1v) is 11.0. The van der Waals surface area contributed by atoms with E-state index in [9.17, 15) is 29.5 Å². The lowest BCUT2D eigenvalue weighted by Gasteiger charge is -2.26. The number of hydrogen-bond acceptors (Lipinski definition) is 8. The number of thioether (sulfide) groups is 1. The number of aliphatic carboxylic acids is 2. The van der Waals surface area contributed by atoms with Crippen LogP contribution in [-0.2, 0) is 9.59 Å². The van der Waals surface area contributed by atoms with Gasteiger partial charge in [-0.3, -0.25) is 4.79 Å². The smallest absolute Gasteiger partial charge is 0.329 e. The third kappa shape index (κ3) is 4.50. The van der Waals surface area contributed by atoms with Crippen molar-refractivity contribution in [1.29, 1.82) is 0 Å². The van der Waals surface area contributed by atoms with Gasteiger partial charge in [-0.1, -0.05) is 34.4 Å². The van der Waals surface area contributed by atoms with E-state index in [4.69, 9.17) is 27.7 Å². The van der Waals surface area contributed by atoms with Crippen LogP contribution in [0.15, 0.2) is 28.0 Å². The molecule has 1 fully saturated rings. The van der Waals surface area contributed by atoms with Gasteiger partial charge in [0.1, 0.15) is 22.4 Å². The van der Waals surface area contributed by atoms with Gasteiger partial charge in [-0.05, 0) is 32.9 Å². The van der Waals surface area contributed by atoms with E-state index in [2.05, 4.69) is 15.8 Å². The average Bonchev–Trinajstić information content (AvgIpc) is 3.21. The van der Waals surface area contributed by atoms with Crippen molar-refractivity contribution in [3.8, 4) is 11.3 Å². The summed E-state index contributed by atoms with van der Waals surface area (Å²) in [5, 5.41) is 28.0. The number of carboxylic acids is 2. The van der Waals surface area contributed by atoms with E-state index >= 15 is 0 Å². The van der Waals surface area contributed by atoms with Crippen molar-refractivity contribution >= 4 is 52.8 Å². The number of benzene rings is 1. The van der Waals surface area contributed by atoms with Crippen LogP contribution in [0.5, 0.6) is 0 Å². The predicted octanol–water partition coefficient (Wildman–Crippen LogP) is 3.43. The van der Waals surface area contributed by atoms with Crippen molar-refractivity contribution in [2.24, 2.45) is 5.29 Å². The zero-order valence-corrected chi connectivity index (χ0v) is 19.7. The minimum absolute atomic E-state index is 0.00192. The SMILES string of the molecule is Cc1onc(-c2c(Cl)cccc2Cl)c1C(=O)NC(C(=O)O)C1SC(C)(C)[C@H](C(=O)O)N1N=O. The fraction of sp³-hybridized carbons (Fsp3) is 0.368. The number of nitroso groups, excluding NO2 is 1. The summed E-state index contributed by atoms with van der Waals surface area (Å²) in [6.07, 6.45) is 0. The number of carboxylic acid groups (broad SMARTS) is 2. The van der Waals surface area contributed by atoms with Gasteiger partial charge in [0, 0.05) is 10.3 Å². The Morgan fingerprint density at radius 2 is 1.88 bits per heavy atom. The molecule has 11 nitrogen and oxygen atoms in total. The number of amides is 1. The standard InChI is InChI=1S/C19H18Cl2N4O7S/c1-7-10(12(23-32-7)11-8(20)5-4-6-9(11)21)15(26)22-13(17(27)28)16-25(24-31)14(18(29)30)19(2,3)33-16/h4-6,13-14,16H,1-3H3,(H,22,26)(H,27,28)(H,29,30)/t13?,14-,16?/m0/s1. The van der Waals surface area contributed by atoms with Crippen LogP contribution < -0.4 is 5.32 Å². The minimum Gasteiger partial charge on any atom is -0.480 e. The predicted molar refractivity (Wildman–Crippen MR) is 120 cm³/mol. The molecule has 3 N–H and O–H groups in total. The highest BCUT2D eigenvalue weighted by molar-refractivity contribution is 8.01. The molecular formula is C19H18Cl2N4O7S. The average molecular weight is 517 g/mol. The minimum atomic E-state index is -1.70. The molecule has 1 aliphatic heterocycles. The summed E-state index contributed by atoms with van der Waals surface area (Å²) in [6, 6.07) is 1.56. The van der Waals surface area contributed by atoms with Crippen molar-refractivity contribution < 1.29 is 29.1 Å². The van der Waals surface area contributed by atoms with E-state index in [0.717, 1.165) is 11.8 Å². The van der Waals surface area contributed by atoms with Gasteiger partial charge in [0.2, 0.25) is 0 Å². The summed E-state index contributed by atoms with van der Waals surface area (Å²) in [4.78, 5) is 48.4. The molecule has 3 rings (SSSR count). The molecule has 0 aliphatic carbocycles. The van der Waals surface area contributed by atoms with E-state index in [1.165, 1.54) is 32.9 Å². The van der Waals surface area contributed by atoms with Gasteiger partial charge in [0.25, 0.3) is 5.91 Å². The van der Waals surface area contributed by atoms with Crippen LogP contribution in [0.4, 0.5) is 0 Å². The second-order valence-corrected chi connectivity index (χ2v) is 10.2. The Balaban J connectivity index is 2.00. The number of carbonyl (C=O) groups excluding carboxylic acids is 1. The Bertz CT molecular complexity index is 1120. The number of aromatic nitrogens is 1. The Hall–Kier alpha value is -2.83. The van der Waals surface area contributed by atoms with Gasteiger partial charge in [-0.15, -0.1) is 16.7 Å². The van der Waals surface area contributed by atoms with Crippen molar-refractivity contribution in [3.63, 3.8) is 0 Å². The fourth-order valence-corrected chi connectivity index (χ4v) is 5.75. The number of carbonyl (C=O) groups is 3. The maximum atomic E-state index is 13.2. The molecule has 2 aromatic rings. The van der Waals surface area contributed by atoms with Crippen molar-refractivity contribution in [2.45, 2.75) is 43.0 Å². The summed E-state index contributed by atoms with van der Waals surface area (Å²) in [5.74, 6) is -3.68. The van der Waals surface area contributed by atoms with Crippen LogP contribution in [0, 0.1) is 11.8 Å². The third-order valence-electron chi connectivity index (χ3n) is 5.06. The summed E-state index contributed by atoms with van der Waals surface area (Å²) < 4.78 is 4.06. The zero-order valence-electron chi connectivity index (χ0n) is 17.4. The molecule has 33 heavy (non-hydrogen) atoms. The van der Waals surface area contributed by atoms with E-state index in [-0.39, 0.29) is 32.6 Å². The van der Waals surface area contributed by atoms with Crippen molar-refractivity contribution in [3.05, 3.63) is 44.5 Å². The Morgan fingerprint density at radius 3 is 2.39 bits per heavy atom. The summed E-state index contributed by atoms with van der Waals surface area (Å²) in [5.41, 5.74) is 0.102. The summed E-state index contributed by atoms with van der Waals surface area (Å²) >= 11 is 13.3. The molecule has 1 aromatic heterocycles. The molecule has 2 unspecified atom stereocenters. The molecule has 2 heterocycles. The lowest BCUT2D eigenvalue weighted by Crippen LogP contribution is -2.54. The van der Waals surface area contributed by atoms with Crippen LogP contribution in [-0.4, -0.2) is 60.4 Å². The number of nitrogens with one attached hydrogen (secondary N) is 1. The number of hydrogen-bond donors (Lipinski definition) is 3. The van der Waals surface area contributed by atoms with E-state index in [0.29, 0.717) is 5.01 Å². The molecular weight excluding hydrogens is 499 g/mol. The molecule has 1 aromatic carbocycles. The van der Waals surface area contributed by atoms with Gasteiger partial charge in [0.05, 0.1) is 15.3 Å². The first kappa shape index (κ1) is 24.8. The van der Waals surface area contributed by atoms with E-state index < -0.39 is 40.1 Å². The van der Waals surface area contributed by atoms with Gasteiger partial charge in [0.15, 0.2) is 12.1 Å². The van der Waals surface area contributed by atoms with Crippen molar-refractivity contribution in [1.82, 2.24) is 15.5 Å². The lowest BCUT2D eigenvalue weighted by atomic mass is 10.0. The van der Waals surface area contributed by atoms with E-state index in [1.54, 1.807) is 6.07 Å². The first-order chi connectivity index (χ1) is 15.4. The molecule has 14 heteroatoms. The lowest BCUT2D eigenvalue weighted by molar-refractivity contribution is -0.146. The topological polar surface area (TPSA) is 162 Å². The molecule has 1 aliphatic rings. The Morgan fingerprint density at radius 1 is 1.27 bits per heavy atom. The molecule has 0 radical (unpaired) electrons. The fourth-order valence-electron chi connectivity index (χ4n) is 3.62. The number of halogens is 2. The van der Waals surface area contributed by atoms with Crippen LogP contribution in [0.1, 0.15) is 30.0 Å². The van der Waals surface area contributed by atoms with Crippen molar-refractivity contribution in [2.75, 3.05) is 0 Å². The highest BCUT2D eigenvalue weighted by atomic mass is 35.5. The van der Waals surface area contributed by atoms with Crippen LogP contribution >= 0.6 is 35.0 Å². The Kier molecular flexibility index (Phi) is 6.91. The molecule has 1 amide bonds. The van der Waals surface area contributed by atoms with Crippen LogP contribution in [0.25, 0.3) is 11.3 Å². The monoisotopic (exact) mass is 516 g/mol. The maximum absolute atomic E-state index is 13.2. The summed E-state index contributed by atoms with van der Waals surface area (Å²) in [7, 11) is 0. The van der Waals surface area contributed by atoms with E-state index in [1.807, 2.05) is 0 Å². The van der Waals surface area contributed by atoms with Gasteiger partial charge < -0.3 is 20.1 Å². The molecule has 0 bridgehead atoms. The third-order valence-corrected chi connectivity index (χ3v) is 7.25. The van der Waals surface area contributed by atoms with Gasteiger partial charge in [-0.25, -0.2) is 14.6 Å². The number of aryl methyl sites for hydroxylation is 1. The molecule has 176 valence electrons. The normalized spacial score (nSPS) is 20.3. The Labute approximate surface area is 201 Å². The second kappa shape index (κ2) is 9.20. The maximum Gasteiger partial charge on any atom is 0.329 e. The second-order valence-electron chi connectivity index (χ2n) is 7.66. The molecule has 0 spiro atoms. The van der Waals surface area contributed by atoms with Gasteiger partial charge >= 0.3 is 11.9 Å². The quantitative estimate of drug-likeness (QED) is 0.464. The van der Waals surface area contributed by atoms with Gasteiger partial charge in [-0.2, -0.15) is 0 Å². The first-order valence-electron chi connectivity index (χ1n) is 9.37. The zero-order chi connectivity index (χ0) is 24.7.